The van der Waals surface area contributed by atoms with Gasteiger partial charge in [-0.1, -0.05) is 48.5 Å². The Hall–Kier alpha value is -2.75. The molecule has 0 radical (unpaired) electrons. The number of rotatable bonds is 3. The molecule has 0 spiro atoms. The molecule has 2 aromatic carbocycles. The average molecular weight is 248 g/mol. The molecule has 0 saturated heterocycles. The van der Waals surface area contributed by atoms with Crippen molar-refractivity contribution in [3.63, 3.8) is 0 Å². The largest absolute Gasteiger partial charge is 0.323 e. The number of nitrogens with one attached hydrogen (secondary N) is 1. The summed E-state index contributed by atoms with van der Waals surface area (Å²) < 4.78 is 0. The number of aromatic nitrogens is 3. The van der Waals surface area contributed by atoms with Crippen LogP contribution in [0.3, 0.4) is 0 Å². The summed E-state index contributed by atoms with van der Waals surface area (Å²) >= 11 is 0. The van der Waals surface area contributed by atoms with Gasteiger partial charge in [0.05, 0.1) is 6.20 Å². The molecule has 1 N–H and O–H groups in total. The predicted molar refractivity (Wildman–Crippen MR) is 75.0 cm³/mol. The Balaban J connectivity index is 1.80. The Kier molecular flexibility index (Phi) is 3.14. The highest BCUT2D eigenvalue weighted by molar-refractivity contribution is 5.58. The molecule has 3 aromatic rings. The number of benzene rings is 2. The van der Waals surface area contributed by atoms with Crippen LogP contribution in [0.2, 0.25) is 0 Å². The van der Waals surface area contributed by atoms with Gasteiger partial charge in [0.25, 0.3) is 0 Å². The number of hydrogen-bond acceptors (Lipinski definition) is 4. The normalized spacial score (nSPS) is 10.1. The third-order valence-corrected chi connectivity index (χ3v) is 2.66. The summed E-state index contributed by atoms with van der Waals surface area (Å²) in [6, 6.07) is 19.6. The van der Waals surface area contributed by atoms with Crippen LogP contribution in [-0.4, -0.2) is 15.2 Å². The monoisotopic (exact) mass is 248 g/mol. The van der Waals surface area contributed by atoms with E-state index in [4.69, 9.17) is 0 Å². The van der Waals surface area contributed by atoms with E-state index in [0.717, 1.165) is 16.9 Å². The second kappa shape index (κ2) is 5.27. The van der Waals surface area contributed by atoms with Crippen LogP contribution in [0.1, 0.15) is 0 Å². The molecule has 4 nitrogen and oxygen atoms in total. The van der Waals surface area contributed by atoms with Gasteiger partial charge in [0.15, 0.2) is 0 Å². The van der Waals surface area contributed by atoms with E-state index in [9.17, 15) is 0 Å². The maximum atomic E-state index is 4.27. The molecule has 1 aromatic heterocycles. The lowest BCUT2D eigenvalue weighted by atomic mass is 10.2. The lowest BCUT2D eigenvalue weighted by Crippen LogP contribution is -1.99. The van der Waals surface area contributed by atoms with Crippen molar-refractivity contribution < 1.29 is 0 Å². The molecule has 0 aliphatic rings. The highest BCUT2D eigenvalue weighted by atomic mass is 15.2. The fourth-order valence-corrected chi connectivity index (χ4v) is 1.72. The maximum absolute atomic E-state index is 4.27. The van der Waals surface area contributed by atoms with Crippen molar-refractivity contribution in [3.8, 4) is 11.3 Å². The van der Waals surface area contributed by atoms with Gasteiger partial charge in [-0.3, -0.25) is 0 Å². The lowest BCUT2D eigenvalue weighted by molar-refractivity contribution is 0.986. The van der Waals surface area contributed by atoms with Crippen LogP contribution in [0.4, 0.5) is 11.6 Å². The van der Waals surface area contributed by atoms with E-state index in [1.807, 2.05) is 60.7 Å². The summed E-state index contributed by atoms with van der Waals surface area (Å²) in [5.41, 5.74) is 2.71. The summed E-state index contributed by atoms with van der Waals surface area (Å²) in [5.74, 6) is 0.492. The predicted octanol–water partition coefficient (Wildman–Crippen LogP) is 3.28. The fraction of sp³-hybridized carbons (Fsp3) is 0. The summed E-state index contributed by atoms with van der Waals surface area (Å²) in [6.07, 6.45) is 1.72. The first-order valence-corrected chi connectivity index (χ1v) is 5.99. The van der Waals surface area contributed by atoms with Crippen molar-refractivity contribution in [1.82, 2.24) is 15.2 Å². The van der Waals surface area contributed by atoms with E-state index >= 15 is 0 Å². The van der Waals surface area contributed by atoms with Gasteiger partial charge in [-0.05, 0) is 12.1 Å². The molecule has 0 amide bonds. The van der Waals surface area contributed by atoms with E-state index in [1.165, 1.54) is 0 Å². The van der Waals surface area contributed by atoms with E-state index in [0.29, 0.717) is 5.95 Å². The van der Waals surface area contributed by atoms with Gasteiger partial charge in [-0.25, -0.2) is 4.98 Å². The molecule has 1 heterocycles. The summed E-state index contributed by atoms with van der Waals surface area (Å²) in [7, 11) is 0. The van der Waals surface area contributed by atoms with Crippen LogP contribution in [0.5, 0.6) is 0 Å². The van der Waals surface area contributed by atoms with Crippen LogP contribution in [0.25, 0.3) is 11.3 Å². The summed E-state index contributed by atoms with van der Waals surface area (Å²) in [5, 5.41) is 11.3. The lowest BCUT2D eigenvalue weighted by Gasteiger charge is -2.04. The first-order valence-electron chi connectivity index (χ1n) is 5.99. The van der Waals surface area contributed by atoms with Gasteiger partial charge < -0.3 is 5.32 Å². The van der Waals surface area contributed by atoms with Gasteiger partial charge in [-0.2, -0.15) is 0 Å². The molecule has 19 heavy (non-hydrogen) atoms. The minimum Gasteiger partial charge on any atom is -0.323 e. The zero-order valence-corrected chi connectivity index (χ0v) is 10.2. The van der Waals surface area contributed by atoms with Gasteiger partial charge in [-0.15, -0.1) is 10.2 Å². The molecule has 3 rings (SSSR count). The van der Waals surface area contributed by atoms with E-state index < -0.39 is 0 Å². The van der Waals surface area contributed by atoms with Gasteiger partial charge in [0, 0.05) is 11.3 Å². The van der Waals surface area contributed by atoms with Crippen LogP contribution in [0.15, 0.2) is 66.9 Å². The molecular formula is C15H12N4. The second-order valence-corrected chi connectivity index (χ2v) is 4.02. The van der Waals surface area contributed by atoms with Crippen molar-refractivity contribution in [3.05, 3.63) is 66.9 Å². The zero-order chi connectivity index (χ0) is 12.9. The Labute approximate surface area is 111 Å². The van der Waals surface area contributed by atoms with Crippen molar-refractivity contribution >= 4 is 11.6 Å². The Morgan fingerprint density at radius 2 is 1.42 bits per heavy atom. The highest BCUT2D eigenvalue weighted by Crippen LogP contribution is 2.16. The van der Waals surface area contributed by atoms with Gasteiger partial charge in [0.2, 0.25) is 5.95 Å². The van der Waals surface area contributed by atoms with Gasteiger partial charge in [0.1, 0.15) is 5.69 Å². The fourth-order valence-electron chi connectivity index (χ4n) is 1.72. The third-order valence-electron chi connectivity index (χ3n) is 2.66. The molecule has 92 valence electrons. The quantitative estimate of drug-likeness (QED) is 0.772. The van der Waals surface area contributed by atoms with Crippen LogP contribution < -0.4 is 5.32 Å². The standard InChI is InChI=1S/C15H12N4/c1-3-7-12(8-4-1)14-11-16-15(19-18-14)17-13-9-5-2-6-10-13/h1-11H,(H,16,17,19). The molecule has 0 aliphatic heterocycles. The minimum atomic E-state index is 0.492. The van der Waals surface area contributed by atoms with E-state index in [1.54, 1.807) is 6.20 Å². The van der Waals surface area contributed by atoms with Crippen molar-refractivity contribution in [2.75, 3.05) is 5.32 Å². The van der Waals surface area contributed by atoms with E-state index in [2.05, 4.69) is 20.5 Å². The number of nitrogens with zero attached hydrogens (tertiary/aromatic N) is 3. The van der Waals surface area contributed by atoms with Crippen LogP contribution >= 0.6 is 0 Å². The topological polar surface area (TPSA) is 50.7 Å². The van der Waals surface area contributed by atoms with Crippen LogP contribution in [0, 0.1) is 0 Å². The molecule has 4 heteroatoms. The Bertz CT molecular complexity index is 636. The average Bonchev–Trinajstić information content (AvgIpc) is 2.50. The number of hydrogen-bond donors (Lipinski definition) is 1. The van der Waals surface area contributed by atoms with Crippen LogP contribution in [-0.2, 0) is 0 Å². The molecule has 0 saturated carbocycles. The Morgan fingerprint density at radius 3 is 2.05 bits per heavy atom. The SMILES string of the molecule is c1ccc(Nc2ncc(-c3ccccc3)nn2)cc1. The summed E-state index contributed by atoms with van der Waals surface area (Å²) in [6.45, 7) is 0. The molecule has 0 aliphatic carbocycles. The third kappa shape index (κ3) is 2.74. The molecular weight excluding hydrogens is 236 g/mol. The zero-order valence-electron chi connectivity index (χ0n) is 10.2. The van der Waals surface area contributed by atoms with Crippen molar-refractivity contribution in [2.45, 2.75) is 0 Å². The van der Waals surface area contributed by atoms with Crippen molar-refractivity contribution in [2.24, 2.45) is 0 Å². The molecule has 0 bridgehead atoms. The number of anilines is 2. The summed E-state index contributed by atoms with van der Waals surface area (Å²) in [4.78, 5) is 4.27. The first kappa shape index (κ1) is 11.3. The minimum absolute atomic E-state index is 0.492. The molecule has 0 unspecified atom stereocenters. The maximum Gasteiger partial charge on any atom is 0.247 e. The van der Waals surface area contributed by atoms with Crippen molar-refractivity contribution in [1.29, 1.82) is 0 Å². The molecule has 0 atom stereocenters. The molecule has 0 fully saturated rings. The van der Waals surface area contributed by atoms with Gasteiger partial charge >= 0.3 is 0 Å². The number of para-hydroxylation sites is 1. The highest BCUT2D eigenvalue weighted by Gasteiger charge is 2.01. The smallest absolute Gasteiger partial charge is 0.247 e. The second-order valence-electron chi connectivity index (χ2n) is 4.02. The van der Waals surface area contributed by atoms with E-state index in [-0.39, 0.29) is 0 Å². The first-order chi connectivity index (χ1) is 9.42. The Morgan fingerprint density at radius 1 is 0.737 bits per heavy atom.